The van der Waals surface area contributed by atoms with Crippen LogP contribution in [0.3, 0.4) is 0 Å². The Labute approximate surface area is 238 Å². The molecule has 4 aromatic rings. The number of carbonyl (C=O) groups is 2. The van der Waals surface area contributed by atoms with Gasteiger partial charge >= 0.3 is 6.03 Å². The summed E-state index contributed by atoms with van der Waals surface area (Å²) in [5, 5.41) is 5.47. The summed E-state index contributed by atoms with van der Waals surface area (Å²) in [7, 11) is -3.33. The number of hydrogen-bond acceptors (Lipinski definition) is 6. The molecule has 41 heavy (non-hydrogen) atoms. The Hall–Kier alpha value is -4.51. The van der Waals surface area contributed by atoms with E-state index in [1.165, 1.54) is 42.7 Å². The number of urea groups is 1. The van der Waals surface area contributed by atoms with Gasteiger partial charge in [0.15, 0.2) is 9.84 Å². The molecule has 11 heteroatoms. The van der Waals surface area contributed by atoms with Gasteiger partial charge in [-0.3, -0.25) is 9.78 Å². The molecule has 0 radical (unpaired) electrons. The highest BCUT2D eigenvalue weighted by Gasteiger charge is 2.34. The Morgan fingerprint density at radius 1 is 1.02 bits per heavy atom. The quantitative estimate of drug-likeness (QED) is 0.281. The standard InChI is InChI=1S/C30H30N6O4S/c1-41(39,40)25-9-7-22(8-10-25)34-30(38)35-23-6-4-20-14-28(27-11-5-21(16-32-27)19-2-3-19)36(29(37)26(20)15-23)13-12-24-17-31-18-33-24/h4-11,15-19,28H,2-3,12-14H2,1H3,(H,31,33)(H2,34,35,38). The van der Waals surface area contributed by atoms with Crippen LogP contribution in [0.2, 0.25) is 0 Å². The number of carbonyl (C=O) groups excluding carboxylic acids is 2. The monoisotopic (exact) mass is 570 g/mol. The van der Waals surface area contributed by atoms with Crippen molar-refractivity contribution in [3.63, 3.8) is 0 Å². The fraction of sp³-hybridized carbons (Fsp3) is 0.267. The van der Waals surface area contributed by atoms with Crippen molar-refractivity contribution in [1.82, 2.24) is 19.9 Å². The number of rotatable bonds is 8. The first-order valence-electron chi connectivity index (χ1n) is 13.5. The molecule has 0 spiro atoms. The predicted molar refractivity (Wildman–Crippen MR) is 155 cm³/mol. The van der Waals surface area contributed by atoms with Gasteiger partial charge in [0.25, 0.3) is 5.91 Å². The Morgan fingerprint density at radius 2 is 1.78 bits per heavy atom. The van der Waals surface area contributed by atoms with Crippen molar-refractivity contribution in [2.45, 2.75) is 42.5 Å². The highest BCUT2D eigenvalue weighted by molar-refractivity contribution is 7.90. The number of nitrogens with zero attached hydrogens (tertiary/aromatic N) is 3. The first-order chi connectivity index (χ1) is 19.7. The number of aromatic amines is 1. The molecule has 0 bridgehead atoms. The number of nitrogens with one attached hydrogen (secondary N) is 3. The number of sulfone groups is 1. The number of amides is 3. The summed E-state index contributed by atoms with van der Waals surface area (Å²) in [6, 6.07) is 14.7. The number of hydrogen-bond donors (Lipinski definition) is 3. The van der Waals surface area contributed by atoms with E-state index in [1.807, 2.05) is 23.2 Å². The van der Waals surface area contributed by atoms with Crippen molar-refractivity contribution >= 4 is 33.2 Å². The molecular weight excluding hydrogens is 540 g/mol. The van der Waals surface area contributed by atoms with E-state index in [4.69, 9.17) is 4.98 Å². The normalized spacial score (nSPS) is 16.8. The minimum atomic E-state index is -3.33. The fourth-order valence-electron chi connectivity index (χ4n) is 5.18. The van der Waals surface area contributed by atoms with Crippen LogP contribution in [0.1, 0.15) is 57.7 Å². The predicted octanol–water partition coefficient (Wildman–Crippen LogP) is 4.71. The molecule has 6 rings (SSSR count). The van der Waals surface area contributed by atoms with Crippen LogP contribution in [0.15, 0.2) is 78.2 Å². The number of aromatic nitrogens is 3. The van der Waals surface area contributed by atoms with Crippen LogP contribution in [0.5, 0.6) is 0 Å². The van der Waals surface area contributed by atoms with E-state index in [2.05, 4.69) is 26.7 Å². The number of fused-ring (bicyclic) bond motifs is 1. The van der Waals surface area contributed by atoms with Gasteiger partial charge < -0.3 is 20.5 Å². The summed E-state index contributed by atoms with van der Waals surface area (Å²) >= 11 is 0. The Kier molecular flexibility index (Phi) is 7.04. The molecule has 1 unspecified atom stereocenters. The van der Waals surface area contributed by atoms with Crippen molar-refractivity contribution in [3.05, 3.63) is 101 Å². The van der Waals surface area contributed by atoms with Crippen molar-refractivity contribution in [3.8, 4) is 0 Å². The van der Waals surface area contributed by atoms with Gasteiger partial charge in [0.1, 0.15) is 0 Å². The largest absolute Gasteiger partial charge is 0.348 e. The van der Waals surface area contributed by atoms with Gasteiger partial charge in [-0.05, 0) is 78.8 Å². The molecule has 1 saturated carbocycles. The van der Waals surface area contributed by atoms with E-state index >= 15 is 0 Å². The summed E-state index contributed by atoms with van der Waals surface area (Å²) in [6.45, 7) is 0.485. The van der Waals surface area contributed by atoms with E-state index in [0.29, 0.717) is 42.2 Å². The van der Waals surface area contributed by atoms with Gasteiger partial charge in [-0.2, -0.15) is 0 Å². The second kappa shape index (κ2) is 10.8. The second-order valence-corrected chi connectivity index (χ2v) is 12.6. The number of pyridine rings is 1. The van der Waals surface area contributed by atoms with E-state index in [9.17, 15) is 18.0 Å². The number of anilines is 2. The van der Waals surface area contributed by atoms with Gasteiger partial charge in [0, 0.05) is 54.2 Å². The van der Waals surface area contributed by atoms with Gasteiger partial charge in [-0.25, -0.2) is 18.2 Å². The number of imidazole rings is 1. The van der Waals surface area contributed by atoms with Crippen molar-refractivity contribution in [2.75, 3.05) is 23.4 Å². The van der Waals surface area contributed by atoms with Crippen molar-refractivity contribution in [1.29, 1.82) is 0 Å². The summed E-state index contributed by atoms with van der Waals surface area (Å²) < 4.78 is 23.4. The average molecular weight is 571 g/mol. The second-order valence-electron chi connectivity index (χ2n) is 10.6. The minimum absolute atomic E-state index is 0.121. The zero-order valence-corrected chi connectivity index (χ0v) is 23.3. The van der Waals surface area contributed by atoms with Gasteiger partial charge in [0.2, 0.25) is 0 Å². The lowest BCUT2D eigenvalue weighted by molar-refractivity contribution is 0.0645. The maximum Gasteiger partial charge on any atom is 0.323 e. The first kappa shape index (κ1) is 26.7. The van der Waals surface area contributed by atoms with Crippen LogP contribution in [0.4, 0.5) is 16.2 Å². The number of H-pyrrole nitrogens is 1. The zero-order valence-electron chi connectivity index (χ0n) is 22.5. The Balaban J connectivity index is 1.21. The molecule has 2 aromatic carbocycles. The fourth-order valence-corrected chi connectivity index (χ4v) is 5.81. The maximum absolute atomic E-state index is 13.9. The molecule has 1 fully saturated rings. The van der Waals surface area contributed by atoms with Gasteiger partial charge in [-0.15, -0.1) is 0 Å². The van der Waals surface area contributed by atoms with Gasteiger partial charge in [-0.1, -0.05) is 12.1 Å². The van der Waals surface area contributed by atoms with Crippen LogP contribution >= 0.6 is 0 Å². The summed E-state index contributed by atoms with van der Waals surface area (Å²) in [4.78, 5) is 40.5. The first-order valence-corrected chi connectivity index (χ1v) is 15.4. The Bertz CT molecular complexity index is 1680. The molecular formula is C30H30N6O4S. The molecule has 3 heterocycles. The van der Waals surface area contributed by atoms with E-state index < -0.39 is 15.9 Å². The number of benzene rings is 2. The van der Waals surface area contributed by atoms with Crippen LogP contribution in [-0.2, 0) is 22.7 Å². The third-order valence-electron chi connectivity index (χ3n) is 7.57. The van der Waals surface area contributed by atoms with Crippen molar-refractivity contribution in [2.24, 2.45) is 0 Å². The molecule has 3 N–H and O–H groups in total. The summed E-state index contributed by atoms with van der Waals surface area (Å²) in [6.07, 6.45) is 10.1. The highest BCUT2D eigenvalue weighted by atomic mass is 32.2. The van der Waals surface area contributed by atoms with Crippen LogP contribution in [0, 0.1) is 0 Å². The molecule has 3 amide bonds. The molecule has 1 atom stereocenters. The highest BCUT2D eigenvalue weighted by Crippen LogP contribution is 2.40. The smallest absolute Gasteiger partial charge is 0.323 e. The molecule has 1 aliphatic carbocycles. The third-order valence-corrected chi connectivity index (χ3v) is 8.69. The van der Waals surface area contributed by atoms with Crippen LogP contribution in [-0.4, -0.2) is 53.0 Å². The van der Waals surface area contributed by atoms with E-state index in [1.54, 1.807) is 24.7 Å². The molecule has 210 valence electrons. The maximum atomic E-state index is 13.9. The van der Waals surface area contributed by atoms with Crippen LogP contribution in [0.25, 0.3) is 0 Å². The molecule has 2 aromatic heterocycles. The minimum Gasteiger partial charge on any atom is -0.348 e. The van der Waals surface area contributed by atoms with E-state index in [-0.39, 0.29) is 16.8 Å². The average Bonchev–Trinajstić information content (AvgIpc) is 3.67. The summed E-state index contributed by atoms with van der Waals surface area (Å²) in [5.41, 5.74) is 5.40. The van der Waals surface area contributed by atoms with Gasteiger partial charge in [0.05, 0.1) is 23.0 Å². The van der Waals surface area contributed by atoms with Crippen LogP contribution < -0.4 is 10.6 Å². The third kappa shape index (κ3) is 5.99. The summed E-state index contributed by atoms with van der Waals surface area (Å²) in [5.74, 6) is 0.487. The lowest BCUT2D eigenvalue weighted by Crippen LogP contribution is -2.42. The molecule has 10 nitrogen and oxygen atoms in total. The zero-order chi connectivity index (χ0) is 28.6. The van der Waals surface area contributed by atoms with Crippen molar-refractivity contribution < 1.29 is 18.0 Å². The molecule has 0 saturated heterocycles. The lowest BCUT2D eigenvalue weighted by atomic mass is 9.90. The SMILES string of the molecule is CS(=O)(=O)c1ccc(NC(=O)Nc2ccc3c(c2)C(=O)N(CCc2cnc[nH]2)C(c2ccc(C4CC4)cn2)C3)cc1. The van der Waals surface area contributed by atoms with E-state index in [0.717, 1.165) is 23.2 Å². The molecule has 2 aliphatic rings. The molecule has 1 aliphatic heterocycles. The topological polar surface area (TPSA) is 137 Å². The lowest BCUT2D eigenvalue weighted by Gasteiger charge is -2.36. The Morgan fingerprint density at radius 3 is 2.44 bits per heavy atom.